The van der Waals surface area contributed by atoms with Crippen molar-refractivity contribution in [1.82, 2.24) is 5.32 Å². The number of halogens is 1. The first kappa shape index (κ1) is 20.4. The van der Waals surface area contributed by atoms with Crippen molar-refractivity contribution in [2.75, 3.05) is 0 Å². The highest BCUT2D eigenvalue weighted by Gasteiger charge is 2.21. The van der Waals surface area contributed by atoms with Gasteiger partial charge < -0.3 is 19.9 Å². The molecule has 0 aliphatic heterocycles. The zero-order valence-corrected chi connectivity index (χ0v) is 16.2. The molecular weight excluding hydrogens is 398 g/mol. The molecule has 8 heteroatoms. The highest BCUT2D eigenvalue weighted by atomic mass is 35.5. The Balaban J connectivity index is 1.82. The number of aromatic hydroxyl groups is 1. The first-order valence-electron chi connectivity index (χ1n) is 8.76. The van der Waals surface area contributed by atoms with Crippen LogP contribution in [0.3, 0.4) is 0 Å². The van der Waals surface area contributed by atoms with Crippen LogP contribution in [0.1, 0.15) is 16.7 Å². The zero-order valence-electron chi connectivity index (χ0n) is 15.4. The van der Waals surface area contributed by atoms with E-state index in [1.807, 2.05) is 0 Å². The standard InChI is InChI=1S/C21H18ClNO6/c1-11-17(24)7-6-15-13(10-19(26)29-20(11)15)9-18(25)23-16(21(27)28)8-12-2-4-14(22)5-3-12/h2-7,10,16,24H,8-9H2,1H3,(H,23,25)(H,27,28)/t16-/m1/s1. The SMILES string of the molecule is Cc1c(O)ccc2c(CC(=O)N[C@H](Cc3ccc(Cl)cc3)C(=O)O)cc(=O)oc12. The van der Waals surface area contributed by atoms with Crippen molar-refractivity contribution in [2.45, 2.75) is 25.8 Å². The van der Waals surface area contributed by atoms with E-state index in [2.05, 4.69) is 5.32 Å². The van der Waals surface area contributed by atoms with Crippen LogP contribution in [0.2, 0.25) is 5.02 Å². The fourth-order valence-electron chi connectivity index (χ4n) is 3.04. The molecule has 0 aliphatic carbocycles. The van der Waals surface area contributed by atoms with Gasteiger partial charge >= 0.3 is 11.6 Å². The molecule has 0 aliphatic rings. The minimum absolute atomic E-state index is 0.0313. The number of carboxylic acids is 1. The molecule has 3 rings (SSSR count). The van der Waals surface area contributed by atoms with Gasteiger partial charge in [0, 0.05) is 28.5 Å². The van der Waals surface area contributed by atoms with Crippen LogP contribution in [0, 0.1) is 6.92 Å². The van der Waals surface area contributed by atoms with Gasteiger partial charge in [0.15, 0.2) is 0 Å². The predicted octanol–water partition coefficient (Wildman–Crippen LogP) is 2.82. The van der Waals surface area contributed by atoms with Crippen LogP contribution in [0.4, 0.5) is 0 Å². The monoisotopic (exact) mass is 415 g/mol. The van der Waals surface area contributed by atoms with Gasteiger partial charge in [-0.15, -0.1) is 0 Å². The van der Waals surface area contributed by atoms with Crippen molar-refractivity contribution < 1.29 is 24.2 Å². The van der Waals surface area contributed by atoms with Gasteiger partial charge in [-0.1, -0.05) is 23.7 Å². The summed E-state index contributed by atoms with van der Waals surface area (Å²) < 4.78 is 5.15. The number of aryl methyl sites for hydroxylation is 1. The van der Waals surface area contributed by atoms with Crippen LogP contribution < -0.4 is 10.9 Å². The lowest BCUT2D eigenvalue weighted by atomic mass is 10.0. The molecule has 0 spiro atoms. The molecule has 7 nitrogen and oxygen atoms in total. The second-order valence-electron chi connectivity index (χ2n) is 6.64. The maximum Gasteiger partial charge on any atom is 0.336 e. The molecule has 0 fully saturated rings. The molecule has 0 saturated heterocycles. The van der Waals surface area contributed by atoms with Gasteiger partial charge in [0.2, 0.25) is 5.91 Å². The number of amides is 1. The Morgan fingerprint density at radius 3 is 2.52 bits per heavy atom. The van der Waals surface area contributed by atoms with Gasteiger partial charge in [0.25, 0.3) is 0 Å². The van der Waals surface area contributed by atoms with E-state index in [-0.39, 0.29) is 24.2 Å². The van der Waals surface area contributed by atoms with E-state index in [4.69, 9.17) is 16.0 Å². The average Bonchev–Trinajstić information content (AvgIpc) is 2.66. The third kappa shape index (κ3) is 4.75. The summed E-state index contributed by atoms with van der Waals surface area (Å²) in [5.41, 5.74) is 1.00. The van der Waals surface area contributed by atoms with Crippen LogP contribution in [-0.2, 0) is 22.4 Å². The Kier molecular flexibility index (Phi) is 5.89. The first-order valence-corrected chi connectivity index (χ1v) is 9.14. The second kappa shape index (κ2) is 8.36. The fraction of sp³-hybridized carbons (Fsp3) is 0.190. The Labute approximate surface area is 170 Å². The largest absolute Gasteiger partial charge is 0.508 e. The molecule has 3 aromatic rings. The molecular formula is C21H18ClNO6. The summed E-state index contributed by atoms with van der Waals surface area (Å²) >= 11 is 5.83. The molecule has 150 valence electrons. The lowest BCUT2D eigenvalue weighted by Crippen LogP contribution is -2.43. The Hall–Kier alpha value is -3.32. The van der Waals surface area contributed by atoms with Crippen molar-refractivity contribution in [3.63, 3.8) is 0 Å². The number of benzene rings is 2. The average molecular weight is 416 g/mol. The molecule has 3 N–H and O–H groups in total. The van der Waals surface area contributed by atoms with Crippen molar-refractivity contribution in [3.05, 3.63) is 74.6 Å². The number of hydrogen-bond acceptors (Lipinski definition) is 5. The summed E-state index contributed by atoms with van der Waals surface area (Å²) in [5.74, 6) is -1.76. The normalized spacial score (nSPS) is 11.9. The minimum atomic E-state index is -1.17. The van der Waals surface area contributed by atoms with Crippen LogP contribution in [0.15, 0.2) is 51.7 Å². The quantitative estimate of drug-likeness (QED) is 0.533. The maximum absolute atomic E-state index is 12.5. The predicted molar refractivity (Wildman–Crippen MR) is 107 cm³/mol. The molecule has 29 heavy (non-hydrogen) atoms. The molecule has 1 heterocycles. The van der Waals surface area contributed by atoms with Crippen LogP contribution in [0.25, 0.3) is 11.0 Å². The highest BCUT2D eigenvalue weighted by molar-refractivity contribution is 6.30. The number of carbonyl (C=O) groups is 2. The number of phenolic OH excluding ortho intramolecular Hbond substituents is 1. The van der Waals surface area contributed by atoms with E-state index in [9.17, 15) is 24.6 Å². The summed E-state index contributed by atoms with van der Waals surface area (Å²) in [6.45, 7) is 1.59. The molecule has 1 aromatic heterocycles. The van der Waals surface area contributed by atoms with Crippen molar-refractivity contribution in [1.29, 1.82) is 0 Å². The number of aliphatic carboxylic acids is 1. The van der Waals surface area contributed by atoms with Crippen molar-refractivity contribution in [3.8, 4) is 5.75 Å². The summed E-state index contributed by atoms with van der Waals surface area (Å²) in [6, 6.07) is 9.71. The van der Waals surface area contributed by atoms with Gasteiger partial charge in [-0.3, -0.25) is 4.79 Å². The molecule has 0 saturated carbocycles. The molecule has 1 amide bonds. The van der Waals surface area contributed by atoms with E-state index >= 15 is 0 Å². The lowest BCUT2D eigenvalue weighted by molar-refractivity contribution is -0.141. The fourth-order valence-corrected chi connectivity index (χ4v) is 3.16. The second-order valence-corrected chi connectivity index (χ2v) is 7.08. The topological polar surface area (TPSA) is 117 Å². The number of rotatable bonds is 6. The Morgan fingerprint density at radius 1 is 1.17 bits per heavy atom. The number of nitrogens with one attached hydrogen (secondary N) is 1. The van der Waals surface area contributed by atoms with E-state index in [1.54, 1.807) is 37.3 Å². The number of phenols is 1. The van der Waals surface area contributed by atoms with Crippen molar-refractivity contribution in [2.24, 2.45) is 0 Å². The molecule has 0 radical (unpaired) electrons. The van der Waals surface area contributed by atoms with Gasteiger partial charge in [0.1, 0.15) is 17.4 Å². The zero-order chi connectivity index (χ0) is 21.1. The molecule has 0 bridgehead atoms. The molecule has 1 atom stereocenters. The van der Waals surface area contributed by atoms with Gasteiger partial charge in [-0.25, -0.2) is 9.59 Å². The summed E-state index contributed by atoms with van der Waals surface area (Å²) in [6.07, 6.45) is -0.125. The molecule has 0 unspecified atom stereocenters. The van der Waals surface area contributed by atoms with E-state index in [0.717, 1.165) is 0 Å². The first-order chi connectivity index (χ1) is 13.7. The van der Waals surface area contributed by atoms with Gasteiger partial charge in [-0.2, -0.15) is 0 Å². The third-order valence-electron chi connectivity index (χ3n) is 4.56. The smallest absolute Gasteiger partial charge is 0.336 e. The Bertz CT molecular complexity index is 1140. The van der Waals surface area contributed by atoms with Crippen LogP contribution in [0.5, 0.6) is 5.75 Å². The number of hydrogen-bond donors (Lipinski definition) is 3. The van der Waals surface area contributed by atoms with E-state index < -0.39 is 23.5 Å². The van der Waals surface area contributed by atoms with Gasteiger partial charge in [-0.05, 0) is 42.3 Å². The number of fused-ring (bicyclic) bond motifs is 1. The van der Waals surface area contributed by atoms with Gasteiger partial charge in [0.05, 0.1) is 6.42 Å². The van der Waals surface area contributed by atoms with Crippen LogP contribution >= 0.6 is 11.6 Å². The highest BCUT2D eigenvalue weighted by Crippen LogP contribution is 2.27. The molecule has 2 aromatic carbocycles. The van der Waals surface area contributed by atoms with Crippen molar-refractivity contribution >= 4 is 34.4 Å². The van der Waals surface area contributed by atoms with Crippen LogP contribution in [-0.4, -0.2) is 28.1 Å². The Morgan fingerprint density at radius 2 is 1.86 bits per heavy atom. The maximum atomic E-state index is 12.5. The summed E-state index contributed by atoms with van der Waals surface area (Å²) in [4.78, 5) is 35.9. The summed E-state index contributed by atoms with van der Waals surface area (Å²) in [7, 11) is 0. The lowest BCUT2D eigenvalue weighted by Gasteiger charge is -2.15. The minimum Gasteiger partial charge on any atom is -0.508 e. The van der Waals surface area contributed by atoms with E-state index in [0.29, 0.717) is 27.1 Å². The van der Waals surface area contributed by atoms with E-state index in [1.165, 1.54) is 12.1 Å². The number of carbonyl (C=O) groups excluding carboxylic acids is 1. The number of carboxylic acid groups (broad SMARTS) is 1. The third-order valence-corrected chi connectivity index (χ3v) is 4.81. The summed E-state index contributed by atoms with van der Waals surface area (Å²) in [5, 5.41) is 22.8.